The lowest BCUT2D eigenvalue weighted by molar-refractivity contribution is -0.141. The number of ether oxygens (including phenoxy) is 1. The molecule has 0 spiro atoms. The first-order valence-corrected chi connectivity index (χ1v) is 6.12. The van der Waals surface area contributed by atoms with Crippen molar-refractivity contribution in [3.8, 4) is 5.75 Å². The van der Waals surface area contributed by atoms with Crippen LogP contribution in [0.1, 0.15) is 24.5 Å². The maximum atomic E-state index is 11.4. The molecule has 1 unspecified atom stereocenters. The van der Waals surface area contributed by atoms with Crippen molar-refractivity contribution >= 4 is 11.9 Å². The number of rotatable bonds is 6. The number of aliphatic carboxylic acids is 1. The van der Waals surface area contributed by atoms with E-state index in [9.17, 15) is 9.59 Å². The summed E-state index contributed by atoms with van der Waals surface area (Å²) in [7, 11) is 0. The summed E-state index contributed by atoms with van der Waals surface area (Å²) >= 11 is 0. The van der Waals surface area contributed by atoms with Gasteiger partial charge in [-0.1, -0.05) is 6.07 Å². The monoisotopic (exact) mass is 265 g/mol. The number of nitrogens with one attached hydrogen (secondary N) is 1. The molecule has 1 aromatic carbocycles. The zero-order valence-electron chi connectivity index (χ0n) is 11.4. The summed E-state index contributed by atoms with van der Waals surface area (Å²) in [6.07, 6.45) is 0.130. The number of carbonyl (C=O) groups excluding carboxylic acids is 1. The zero-order chi connectivity index (χ0) is 14.4. The summed E-state index contributed by atoms with van der Waals surface area (Å²) in [6, 6.07) is 4.83. The summed E-state index contributed by atoms with van der Waals surface area (Å²) in [4.78, 5) is 22.0. The van der Waals surface area contributed by atoms with Crippen LogP contribution in [0.2, 0.25) is 0 Å². The number of aryl methyl sites for hydroxylation is 2. The zero-order valence-corrected chi connectivity index (χ0v) is 11.4. The van der Waals surface area contributed by atoms with Gasteiger partial charge in [0.15, 0.2) is 0 Å². The highest BCUT2D eigenvalue weighted by Gasteiger charge is 2.13. The molecule has 0 aliphatic carbocycles. The molecule has 5 heteroatoms. The van der Waals surface area contributed by atoms with Crippen molar-refractivity contribution < 1.29 is 19.4 Å². The molecule has 5 nitrogen and oxygen atoms in total. The van der Waals surface area contributed by atoms with Gasteiger partial charge in [-0.2, -0.15) is 0 Å². The molecule has 0 heterocycles. The van der Waals surface area contributed by atoms with E-state index >= 15 is 0 Å². The Morgan fingerprint density at radius 2 is 2.00 bits per heavy atom. The van der Waals surface area contributed by atoms with E-state index in [0.717, 1.165) is 5.56 Å². The van der Waals surface area contributed by atoms with Crippen molar-refractivity contribution in [3.05, 3.63) is 29.3 Å². The van der Waals surface area contributed by atoms with Crippen LogP contribution in [0, 0.1) is 13.8 Å². The number of hydrogen-bond acceptors (Lipinski definition) is 3. The first-order chi connectivity index (χ1) is 8.90. The van der Waals surface area contributed by atoms with Crippen LogP contribution in [0.4, 0.5) is 0 Å². The van der Waals surface area contributed by atoms with E-state index < -0.39 is 12.0 Å². The molecule has 1 atom stereocenters. The first-order valence-electron chi connectivity index (χ1n) is 6.12. The summed E-state index contributed by atoms with van der Waals surface area (Å²) in [5.74, 6) is -0.677. The van der Waals surface area contributed by atoms with E-state index in [1.807, 2.05) is 32.0 Å². The maximum absolute atomic E-state index is 11.4. The Kier molecular flexibility index (Phi) is 5.36. The number of amides is 1. The predicted molar refractivity (Wildman–Crippen MR) is 71.3 cm³/mol. The standard InChI is InChI=1S/C14H19NO4/c1-9-4-5-12(8-10(9)2)19-7-6-13(16)15-11(3)14(17)18/h4-5,8,11H,6-7H2,1-3H3,(H,15,16)(H,17,18). The van der Waals surface area contributed by atoms with Crippen molar-refractivity contribution in [2.24, 2.45) is 0 Å². The summed E-state index contributed by atoms with van der Waals surface area (Å²) < 4.78 is 5.45. The number of carboxylic acid groups (broad SMARTS) is 1. The van der Waals surface area contributed by atoms with Crippen molar-refractivity contribution in [3.63, 3.8) is 0 Å². The second-order valence-electron chi connectivity index (χ2n) is 4.47. The van der Waals surface area contributed by atoms with Gasteiger partial charge in [0.1, 0.15) is 11.8 Å². The van der Waals surface area contributed by atoms with E-state index in [0.29, 0.717) is 5.75 Å². The Morgan fingerprint density at radius 1 is 1.32 bits per heavy atom. The highest BCUT2D eigenvalue weighted by molar-refractivity contribution is 5.83. The van der Waals surface area contributed by atoms with Crippen LogP contribution in [-0.2, 0) is 9.59 Å². The van der Waals surface area contributed by atoms with Gasteiger partial charge in [-0.3, -0.25) is 9.59 Å². The molecule has 19 heavy (non-hydrogen) atoms. The molecule has 0 fully saturated rings. The molecule has 0 bridgehead atoms. The van der Waals surface area contributed by atoms with Gasteiger partial charge >= 0.3 is 5.97 Å². The summed E-state index contributed by atoms with van der Waals surface area (Å²) in [5, 5.41) is 11.0. The molecular formula is C14H19NO4. The van der Waals surface area contributed by atoms with Gasteiger partial charge in [-0.15, -0.1) is 0 Å². The van der Waals surface area contributed by atoms with Crippen molar-refractivity contribution in [1.29, 1.82) is 0 Å². The quantitative estimate of drug-likeness (QED) is 0.820. The smallest absolute Gasteiger partial charge is 0.325 e. The third kappa shape index (κ3) is 4.99. The molecule has 104 valence electrons. The fraction of sp³-hybridized carbons (Fsp3) is 0.429. The number of carboxylic acids is 1. The molecule has 0 radical (unpaired) electrons. The molecule has 0 saturated carbocycles. The fourth-order valence-corrected chi connectivity index (χ4v) is 1.44. The Bertz CT molecular complexity index is 471. The molecule has 0 saturated heterocycles. The molecule has 0 aliphatic heterocycles. The third-order valence-corrected chi connectivity index (χ3v) is 2.82. The lowest BCUT2D eigenvalue weighted by atomic mass is 10.1. The van der Waals surface area contributed by atoms with E-state index in [2.05, 4.69) is 5.32 Å². The lowest BCUT2D eigenvalue weighted by Gasteiger charge is -2.10. The minimum atomic E-state index is -1.05. The average molecular weight is 265 g/mol. The maximum Gasteiger partial charge on any atom is 0.325 e. The Morgan fingerprint density at radius 3 is 2.58 bits per heavy atom. The van der Waals surface area contributed by atoms with Crippen LogP contribution in [0.25, 0.3) is 0 Å². The normalized spacial score (nSPS) is 11.7. The van der Waals surface area contributed by atoms with Gasteiger partial charge in [-0.05, 0) is 44.0 Å². The van der Waals surface area contributed by atoms with Crippen molar-refractivity contribution in [2.75, 3.05) is 6.61 Å². The van der Waals surface area contributed by atoms with Gasteiger partial charge < -0.3 is 15.2 Å². The summed E-state index contributed by atoms with van der Waals surface area (Å²) in [6.45, 7) is 5.65. The van der Waals surface area contributed by atoms with Gasteiger partial charge in [0.2, 0.25) is 5.91 Å². The van der Waals surface area contributed by atoms with Gasteiger partial charge in [0.25, 0.3) is 0 Å². The van der Waals surface area contributed by atoms with Crippen molar-refractivity contribution in [2.45, 2.75) is 33.2 Å². The Labute approximate surface area is 112 Å². The van der Waals surface area contributed by atoms with Gasteiger partial charge in [0, 0.05) is 0 Å². The van der Waals surface area contributed by atoms with Crippen LogP contribution in [0.5, 0.6) is 5.75 Å². The van der Waals surface area contributed by atoms with Crippen LogP contribution in [0.15, 0.2) is 18.2 Å². The van der Waals surface area contributed by atoms with Crippen molar-refractivity contribution in [1.82, 2.24) is 5.32 Å². The minimum absolute atomic E-state index is 0.130. The minimum Gasteiger partial charge on any atom is -0.493 e. The molecule has 2 N–H and O–H groups in total. The van der Waals surface area contributed by atoms with Gasteiger partial charge in [0.05, 0.1) is 13.0 Å². The lowest BCUT2D eigenvalue weighted by Crippen LogP contribution is -2.38. The number of carbonyl (C=O) groups is 2. The molecular weight excluding hydrogens is 246 g/mol. The van der Waals surface area contributed by atoms with E-state index in [1.165, 1.54) is 12.5 Å². The molecule has 1 aromatic rings. The SMILES string of the molecule is Cc1ccc(OCCC(=O)NC(C)C(=O)O)cc1C. The highest BCUT2D eigenvalue weighted by atomic mass is 16.5. The Hall–Kier alpha value is -2.04. The summed E-state index contributed by atoms with van der Waals surface area (Å²) in [5.41, 5.74) is 2.31. The van der Waals surface area contributed by atoms with E-state index in [1.54, 1.807) is 0 Å². The van der Waals surface area contributed by atoms with Crippen LogP contribution < -0.4 is 10.1 Å². The molecule has 1 amide bonds. The predicted octanol–water partition coefficient (Wildman–Crippen LogP) is 1.66. The van der Waals surface area contributed by atoms with Crippen LogP contribution >= 0.6 is 0 Å². The molecule has 0 aliphatic rings. The van der Waals surface area contributed by atoms with E-state index in [4.69, 9.17) is 9.84 Å². The first kappa shape index (κ1) is 15.0. The second kappa shape index (κ2) is 6.78. The largest absolute Gasteiger partial charge is 0.493 e. The number of benzene rings is 1. The Balaban J connectivity index is 2.35. The number of hydrogen-bond donors (Lipinski definition) is 2. The van der Waals surface area contributed by atoms with Crippen LogP contribution in [0.3, 0.4) is 0 Å². The molecule has 1 rings (SSSR count). The fourth-order valence-electron chi connectivity index (χ4n) is 1.44. The second-order valence-corrected chi connectivity index (χ2v) is 4.47. The topological polar surface area (TPSA) is 75.6 Å². The molecule has 0 aromatic heterocycles. The average Bonchev–Trinajstić information content (AvgIpc) is 2.33. The van der Waals surface area contributed by atoms with Gasteiger partial charge in [-0.25, -0.2) is 0 Å². The van der Waals surface area contributed by atoms with Crippen LogP contribution in [-0.4, -0.2) is 29.6 Å². The van der Waals surface area contributed by atoms with E-state index in [-0.39, 0.29) is 18.9 Å². The highest BCUT2D eigenvalue weighted by Crippen LogP contribution is 2.16. The third-order valence-electron chi connectivity index (χ3n) is 2.82.